The molecule has 3 rings (SSSR count). The van der Waals surface area contributed by atoms with Crippen LogP contribution in [0.25, 0.3) is 0 Å². The maximum Gasteiger partial charge on any atom is 0.238 e. The fourth-order valence-electron chi connectivity index (χ4n) is 2.63. The summed E-state index contributed by atoms with van der Waals surface area (Å²) < 4.78 is 37.3. The van der Waals surface area contributed by atoms with E-state index >= 15 is 0 Å². The van der Waals surface area contributed by atoms with Crippen molar-refractivity contribution in [2.24, 2.45) is 5.14 Å². The second kappa shape index (κ2) is 9.02. The molecule has 0 aliphatic carbocycles. The molecule has 10 heteroatoms. The number of hydrogen-bond donors (Lipinski definition) is 3. The number of nitrogens with two attached hydrogens (primary N) is 1. The van der Waals surface area contributed by atoms with Crippen LogP contribution in [-0.4, -0.2) is 24.2 Å². The summed E-state index contributed by atoms with van der Waals surface area (Å²) in [5.41, 5.74) is 2.14. The molecule has 0 aliphatic rings. The number of rotatable bonds is 7. The zero-order valence-electron chi connectivity index (χ0n) is 16.8. The summed E-state index contributed by atoms with van der Waals surface area (Å²) in [5.74, 6) is -0.951. The van der Waals surface area contributed by atoms with E-state index in [0.29, 0.717) is 16.9 Å². The second-order valence-electron chi connectivity index (χ2n) is 6.88. The molecule has 0 unspecified atom stereocenters. The van der Waals surface area contributed by atoms with Crippen LogP contribution in [0.2, 0.25) is 0 Å². The first-order valence-corrected chi connectivity index (χ1v) is 10.7. The molecule has 0 saturated carbocycles. The highest BCUT2D eigenvalue weighted by Crippen LogP contribution is 2.22. The maximum atomic E-state index is 14.3. The molecule has 1 aromatic heterocycles. The molecule has 4 N–H and O–H groups in total. The molecule has 8 nitrogen and oxygen atoms in total. The number of carbonyl (C=O) groups excluding carboxylic acids is 1. The average molecular weight is 441 g/mol. The number of halogens is 1. The number of anilines is 4. The topological polar surface area (TPSA) is 127 Å². The van der Waals surface area contributed by atoms with Gasteiger partial charge in [-0.25, -0.2) is 22.9 Å². The van der Waals surface area contributed by atoms with Crippen molar-refractivity contribution in [2.45, 2.75) is 18.7 Å². The molecule has 0 saturated heterocycles. The van der Waals surface area contributed by atoms with Crippen LogP contribution in [0.3, 0.4) is 0 Å². The number of ketones is 1. The SMILES string of the molecule is CC(C)=CC(=O)c1cccc(Nc2nc(Nc3cccc(S(N)(=O)=O)c3)ncc2F)c1. The average Bonchev–Trinajstić information content (AvgIpc) is 2.70. The van der Waals surface area contributed by atoms with E-state index in [4.69, 9.17) is 5.14 Å². The molecule has 3 aromatic rings. The minimum atomic E-state index is -3.88. The van der Waals surface area contributed by atoms with E-state index in [-0.39, 0.29) is 22.4 Å². The molecule has 0 bridgehead atoms. The van der Waals surface area contributed by atoms with Crippen molar-refractivity contribution in [3.8, 4) is 0 Å². The Hall–Kier alpha value is -3.63. The third-order valence-electron chi connectivity index (χ3n) is 3.99. The Morgan fingerprint density at radius 3 is 2.42 bits per heavy atom. The van der Waals surface area contributed by atoms with Gasteiger partial charge in [0.15, 0.2) is 17.4 Å². The third kappa shape index (κ3) is 5.93. The minimum Gasteiger partial charge on any atom is -0.338 e. The summed E-state index contributed by atoms with van der Waals surface area (Å²) in [6.07, 6.45) is 2.49. The molecule has 0 spiro atoms. The molecule has 1 heterocycles. The second-order valence-corrected chi connectivity index (χ2v) is 8.44. The van der Waals surface area contributed by atoms with E-state index in [9.17, 15) is 17.6 Å². The summed E-state index contributed by atoms with van der Waals surface area (Å²) in [5, 5.41) is 10.8. The standard InChI is InChI=1S/C21H20FN5O3S/c1-13(2)9-19(28)14-5-3-6-15(10-14)25-20-18(22)12-24-21(27-20)26-16-7-4-8-17(11-16)31(23,29)30/h3-12H,1-2H3,(H2,23,29,30)(H2,24,25,26,27). The maximum absolute atomic E-state index is 14.3. The highest BCUT2D eigenvalue weighted by Gasteiger charge is 2.11. The van der Waals surface area contributed by atoms with Gasteiger partial charge in [0, 0.05) is 16.9 Å². The number of benzene rings is 2. The van der Waals surface area contributed by atoms with E-state index in [1.807, 2.05) is 13.8 Å². The van der Waals surface area contributed by atoms with Crippen molar-refractivity contribution in [3.05, 3.63) is 77.8 Å². The van der Waals surface area contributed by atoms with Crippen LogP contribution >= 0.6 is 0 Å². The van der Waals surface area contributed by atoms with Gasteiger partial charge in [-0.05, 0) is 50.3 Å². The highest BCUT2D eigenvalue weighted by molar-refractivity contribution is 7.89. The summed E-state index contributed by atoms with van der Waals surface area (Å²) in [6, 6.07) is 12.3. The van der Waals surface area contributed by atoms with Gasteiger partial charge in [-0.2, -0.15) is 4.98 Å². The van der Waals surface area contributed by atoms with Crippen molar-refractivity contribution in [3.63, 3.8) is 0 Å². The molecule has 0 amide bonds. The molecule has 31 heavy (non-hydrogen) atoms. The lowest BCUT2D eigenvalue weighted by molar-refractivity contribution is 0.104. The number of allylic oxidation sites excluding steroid dienone is 2. The summed E-state index contributed by atoms with van der Waals surface area (Å²) in [4.78, 5) is 20.1. The zero-order valence-corrected chi connectivity index (χ0v) is 17.6. The van der Waals surface area contributed by atoms with Gasteiger partial charge < -0.3 is 10.6 Å². The molecule has 160 valence electrons. The number of nitrogens with one attached hydrogen (secondary N) is 2. The van der Waals surface area contributed by atoms with Crippen molar-refractivity contribution in [1.82, 2.24) is 9.97 Å². The van der Waals surface area contributed by atoms with Gasteiger partial charge in [-0.1, -0.05) is 23.8 Å². The van der Waals surface area contributed by atoms with E-state index < -0.39 is 15.8 Å². The quantitative estimate of drug-likeness (QED) is 0.375. The smallest absolute Gasteiger partial charge is 0.238 e. The van der Waals surface area contributed by atoms with Gasteiger partial charge in [0.05, 0.1) is 11.1 Å². The van der Waals surface area contributed by atoms with Crippen LogP contribution in [0.1, 0.15) is 24.2 Å². The number of carbonyl (C=O) groups is 1. The van der Waals surface area contributed by atoms with Gasteiger partial charge in [0.25, 0.3) is 0 Å². The predicted molar refractivity (Wildman–Crippen MR) is 117 cm³/mol. The fraction of sp³-hybridized carbons (Fsp3) is 0.0952. The largest absolute Gasteiger partial charge is 0.338 e. The van der Waals surface area contributed by atoms with Crippen LogP contribution in [0.4, 0.5) is 27.5 Å². The van der Waals surface area contributed by atoms with Crippen molar-refractivity contribution in [1.29, 1.82) is 0 Å². The molecule has 0 atom stereocenters. The summed E-state index contributed by atoms with van der Waals surface area (Å²) in [7, 11) is -3.88. The van der Waals surface area contributed by atoms with Crippen molar-refractivity contribution in [2.75, 3.05) is 10.6 Å². The molecule has 2 aromatic carbocycles. The van der Waals surface area contributed by atoms with E-state index in [2.05, 4.69) is 20.6 Å². The van der Waals surface area contributed by atoms with Gasteiger partial charge in [-0.15, -0.1) is 0 Å². The van der Waals surface area contributed by atoms with Gasteiger partial charge in [0.2, 0.25) is 16.0 Å². The normalized spacial score (nSPS) is 11.0. The van der Waals surface area contributed by atoms with E-state index in [1.54, 1.807) is 30.3 Å². The Kier molecular flexibility index (Phi) is 6.42. The Bertz CT molecular complexity index is 1270. The Morgan fingerprint density at radius 1 is 1.06 bits per heavy atom. The van der Waals surface area contributed by atoms with Crippen LogP contribution in [0.15, 0.2) is 71.3 Å². The van der Waals surface area contributed by atoms with Gasteiger partial charge in [-0.3, -0.25) is 4.79 Å². The lowest BCUT2D eigenvalue weighted by Crippen LogP contribution is -2.12. The summed E-state index contributed by atoms with van der Waals surface area (Å²) in [6.45, 7) is 3.65. The first-order chi connectivity index (χ1) is 14.6. The first kappa shape index (κ1) is 22.1. The number of hydrogen-bond acceptors (Lipinski definition) is 7. The number of sulfonamides is 1. The predicted octanol–water partition coefficient (Wildman–Crippen LogP) is 3.90. The monoisotopic (exact) mass is 441 g/mol. The summed E-state index contributed by atoms with van der Waals surface area (Å²) >= 11 is 0. The van der Waals surface area contributed by atoms with Crippen LogP contribution in [0.5, 0.6) is 0 Å². The van der Waals surface area contributed by atoms with Crippen molar-refractivity contribution < 1.29 is 17.6 Å². The van der Waals surface area contributed by atoms with Crippen LogP contribution in [0, 0.1) is 5.82 Å². The van der Waals surface area contributed by atoms with E-state index in [1.165, 1.54) is 24.3 Å². The molecule has 0 aliphatic heterocycles. The first-order valence-electron chi connectivity index (χ1n) is 9.10. The molecule has 0 radical (unpaired) electrons. The highest BCUT2D eigenvalue weighted by atomic mass is 32.2. The van der Waals surface area contributed by atoms with Gasteiger partial charge >= 0.3 is 0 Å². The lowest BCUT2D eigenvalue weighted by Gasteiger charge is -2.10. The molecular weight excluding hydrogens is 421 g/mol. The Balaban J connectivity index is 1.84. The fourth-order valence-corrected chi connectivity index (χ4v) is 3.19. The van der Waals surface area contributed by atoms with Crippen molar-refractivity contribution >= 4 is 38.9 Å². The third-order valence-corrected chi connectivity index (χ3v) is 4.90. The molecule has 0 fully saturated rings. The zero-order chi connectivity index (χ0) is 22.6. The number of aromatic nitrogens is 2. The lowest BCUT2D eigenvalue weighted by atomic mass is 10.1. The van der Waals surface area contributed by atoms with Gasteiger partial charge in [0.1, 0.15) is 0 Å². The Morgan fingerprint density at radius 2 is 1.74 bits per heavy atom. The number of nitrogens with zero attached hydrogens (tertiary/aromatic N) is 2. The molecular formula is C21H20FN5O3S. The number of primary sulfonamides is 1. The van der Waals surface area contributed by atoms with Crippen LogP contribution < -0.4 is 15.8 Å². The van der Waals surface area contributed by atoms with Crippen LogP contribution in [-0.2, 0) is 10.0 Å². The van der Waals surface area contributed by atoms with E-state index in [0.717, 1.165) is 11.8 Å². The Labute approximate surface area is 179 Å². The minimum absolute atomic E-state index is 0.0345.